The van der Waals surface area contributed by atoms with Gasteiger partial charge in [-0.15, -0.1) is 0 Å². The van der Waals surface area contributed by atoms with E-state index < -0.39 is 34.7 Å². The molecule has 9 nitrogen and oxygen atoms in total. The molecule has 0 saturated carbocycles. The van der Waals surface area contributed by atoms with E-state index in [2.05, 4.69) is 5.32 Å². The minimum Gasteiger partial charge on any atom is -0.469 e. The van der Waals surface area contributed by atoms with Crippen LogP contribution in [0.25, 0.3) is 0 Å². The normalized spacial score (nSPS) is 12.3. The molecule has 1 N–H and O–H groups in total. The van der Waals surface area contributed by atoms with Crippen molar-refractivity contribution in [3.8, 4) is 0 Å². The van der Waals surface area contributed by atoms with E-state index in [1.165, 1.54) is 38.5 Å². The molecule has 2 aromatic carbocycles. The molecular weight excluding hydrogens is 404 g/mol. The fourth-order valence-corrected chi connectivity index (χ4v) is 3.13. The minimum absolute atomic E-state index is 0.128. The van der Waals surface area contributed by atoms with Gasteiger partial charge in [0.25, 0.3) is 5.69 Å². The van der Waals surface area contributed by atoms with Gasteiger partial charge in [-0.1, -0.05) is 42.5 Å². The van der Waals surface area contributed by atoms with Gasteiger partial charge in [-0.05, 0) is 17.5 Å². The average Bonchev–Trinajstić information content (AvgIpc) is 2.80. The second-order valence-electron chi connectivity index (χ2n) is 6.79. The number of aryl methyl sites for hydroxylation is 1. The van der Waals surface area contributed by atoms with Gasteiger partial charge in [-0.25, -0.2) is 4.79 Å². The highest BCUT2D eigenvalue weighted by molar-refractivity contribution is 5.86. The number of carbonyl (C=O) groups is 3. The van der Waals surface area contributed by atoms with Gasteiger partial charge in [0.1, 0.15) is 6.04 Å². The second kappa shape index (κ2) is 11.4. The summed E-state index contributed by atoms with van der Waals surface area (Å²) in [5, 5.41) is 13.6. The number of esters is 2. The summed E-state index contributed by atoms with van der Waals surface area (Å²) in [4.78, 5) is 47.4. The first-order valence-electron chi connectivity index (χ1n) is 9.58. The minimum atomic E-state index is -1.17. The molecule has 0 radical (unpaired) electrons. The number of benzene rings is 2. The summed E-state index contributed by atoms with van der Waals surface area (Å²) in [5.74, 6) is -2.56. The van der Waals surface area contributed by atoms with Crippen LogP contribution < -0.4 is 5.32 Å². The molecule has 2 aromatic rings. The fourth-order valence-electron chi connectivity index (χ4n) is 3.13. The van der Waals surface area contributed by atoms with Crippen molar-refractivity contribution in [2.24, 2.45) is 0 Å². The molecule has 2 atom stereocenters. The molecular formula is C22H24N2O7. The molecule has 164 valence electrons. The van der Waals surface area contributed by atoms with Crippen LogP contribution in [0.15, 0.2) is 54.6 Å². The van der Waals surface area contributed by atoms with Gasteiger partial charge in [0.15, 0.2) is 0 Å². The lowest BCUT2D eigenvalue weighted by Crippen LogP contribution is -2.46. The zero-order valence-electron chi connectivity index (χ0n) is 17.3. The van der Waals surface area contributed by atoms with Crippen LogP contribution in [0.1, 0.15) is 29.9 Å². The quantitative estimate of drug-likeness (QED) is 0.350. The largest absolute Gasteiger partial charge is 0.469 e. The summed E-state index contributed by atoms with van der Waals surface area (Å²) in [6, 6.07) is 13.6. The molecule has 0 aliphatic rings. The number of nitro groups is 1. The number of non-ortho nitro benzene ring substituents is 1. The Bertz CT molecular complexity index is 913. The van der Waals surface area contributed by atoms with Crippen molar-refractivity contribution in [2.75, 3.05) is 14.2 Å². The summed E-state index contributed by atoms with van der Waals surface area (Å²) in [6.07, 6.45) is 0.371. The van der Waals surface area contributed by atoms with E-state index in [-0.39, 0.29) is 18.5 Å². The maximum Gasteiger partial charge on any atom is 0.329 e. The molecule has 0 heterocycles. The zero-order valence-corrected chi connectivity index (χ0v) is 17.3. The molecule has 0 bridgehead atoms. The number of amides is 1. The van der Waals surface area contributed by atoms with Crippen molar-refractivity contribution in [1.82, 2.24) is 5.32 Å². The molecule has 9 heteroatoms. The Morgan fingerprint density at radius 2 is 1.65 bits per heavy atom. The standard InChI is InChI=1S/C22H24N2O7/c1-30-20(26)14-18(16-9-11-17(12-10-16)24(28)29)21(22(27)31-2)23-19(25)13-8-15-6-4-3-5-7-15/h3-7,9-12,18,21H,8,13-14H2,1-2H3,(H,23,25)/t18-,21+/m0/s1. The highest BCUT2D eigenvalue weighted by Gasteiger charge is 2.34. The van der Waals surface area contributed by atoms with Gasteiger partial charge >= 0.3 is 11.9 Å². The number of carbonyl (C=O) groups excluding carboxylic acids is 3. The number of nitrogens with one attached hydrogen (secondary N) is 1. The number of hydrogen-bond donors (Lipinski definition) is 1. The fraction of sp³-hybridized carbons (Fsp3) is 0.318. The molecule has 31 heavy (non-hydrogen) atoms. The van der Waals surface area contributed by atoms with Crippen LogP contribution in [0, 0.1) is 10.1 Å². The summed E-state index contributed by atoms with van der Waals surface area (Å²) >= 11 is 0. The third-order valence-electron chi connectivity index (χ3n) is 4.80. The van der Waals surface area contributed by atoms with Gasteiger partial charge in [0, 0.05) is 24.5 Å². The Labute approximate surface area is 179 Å². The summed E-state index contributed by atoms with van der Waals surface area (Å²) in [7, 11) is 2.39. The van der Waals surface area contributed by atoms with Crippen molar-refractivity contribution in [3.63, 3.8) is 0 Å². The maximum atomic E-state index is 12.6. The number of rotatable bonds is 10. The second-order valence-corrected chi connectivity index (χ2v) is 6.79. The van der Waals surface area contributed by atoms with E-state index in [0.29, 0.717) is 12.0 Å². The first-order chi connectivity index (χ1) is 14.8. The van der Waals surface area contributed by atoms with Gasteiger partial charge in [0.05, 0.1) is 25.6 Å². The topological polar surface area (TPSA) is 125 Å². The number of nitrogens with zero attached hydrogens (tertiary/aromatic N) is 1. The molecule has 0 fully saturated rings. The monoisotopic (exact) mass is 428 g/mol. The van der Waals surface area contributed by atoms with Crippen LogP contribution in [0.3, 0.4) is 0 Å². The third kappa shape index (κ3) is 6.91. The van der Waals surface area contributed by atoms with Gasteiger partial charge in [-0.3, -0.25) is 19.7 Å². The van der Waals surface area contributed by atoms with Crippen LogP contribution in [0.5, 0.6) is 0 Å². The van der Waals surface area contributed by atoms with Crippen molar-refractivity contribution in [1.29, 1.82) is 0 Å². The molecule has 0 spiro atoms. The van der Waals surface area contributed by atoms with Crippen molar-refractivity contribution >= 4 is 23.5 Å². The zero-order chi connectivity index (χ0) is 22.8. The van der Waals surface area contributed by atoms with E-state index in [0.717, 1.165) is 5.56 Å². The molecule has 0 aliphatic heterocycles. The predicted molar refractivity (Wildman–Crippen MR) is 111 cm³/mol. The Balaban J connectivity index is 2.25. The van der Waals surface area contributed by atoms with Crippen LogP contribution in [0.2, 0.25) is 0 Å². The molecule has 0 aromatic heterocycles. The lowest BCUT2D eigenvalue weighted by molar-refractivity contribution is -0.384. The lowest BCUT2D eigenvalue weighted by Gasteiger charge is -2.26. The Hall–Kier alpha value is -3.75. The highest BCUT2D eigenvalue weighted by Crippen LogP contribution is 2.27. The Kier molecular flexibility index (Phi) is 8.68. The molecule has 0 unspecified atom stereocenters. The van der Waals surface area contributed by atoms with Crippen LogP contribution >= 0.6 is 0 Å². The highest BCUT2D eigenvalue weighted by atomic mass is 16.6. The lowest BCUT2D eigenvalue weighted by atomic mass is 9.88. The van der Waals surface area contributed by atoms with E-state index >= 15 is 0 Å². The van der Waals surface area contributed by atoms with E-state index in [1.807, 2.05) is 30.3 Å². The smallest absolute Gasteiger partial charge is 0.329 e. The third-order valence-corrected chi connectivity index (χ3v) is 4.80. The van der Waals surface area contributed by atoms with Gasteiger partial charge in [-0.2, -0.15) is 0 Å². The Morgan fingerprint density at radius 3 is 2.19 bits per heavy atom. The molecule has 1 amide bonds. The molecule has 0 saturated heterocycles. The van der Waals surface area contributed by atoms with E-state index in [1.54, 1.807) is 0 Å². The van der Waals surface area contributed by atoms with E-state index in [9.17, 15) is 24.5 Å². The van der Waals surface area contributed by atoms with Crippen molar-refractivity contribution < 1.29 is 28.8 Å². The van der Waals surface area contributed by atoms with Crippen molar-refractivity contribution in [2.45, 2.75) is 31.2 Å². The maximum absolute atomic E-state index is 12.6. The number of nitro benzene ring substituents is 1. The van der Waals surface area contributed by atoms with Crippen LogP contribution in [-0.2, 0) is 30.3 Å². The van der Waals surface area contributed by atoms with Crippen LogP contribution in [0.4, 0.5) is 5.69 Å². The first kappa shape index (κ1) is 23.5. The summed E-state index contributed by atoms with van der Waals surface area (Å²) in [6.45, 7) is 0. The van der Waals surface area contributed by atoms with E-state index in [4.69, 9.17) is 9.47 Å². The molecule has 0 aliphatic carbocycles. The summed E-state index contributed by atoms with van der Waals surface area (Å²) in [5.41, 5.74) is 1.28. The number of ether oxygens (including phenoxy) is 2. The Morgan fingerprint density at radius 1 is 1.00 bits per heavy atom. The summed E-state index contributed by atoms with van der Waals surface area (Å²) < 4.78 is 9.57. The van der Waals surface area contributed by atoms with Gasteiger partial charge < -0.3 is 14.8 Å². The first-order valence-corrected chi connectivity index (χ1v) is 9.58. The molecule has 2 rings (SSSR count). The predicted octanol–water partition coefficient (Wildman–Crippen LogP) is 2.53. The van der Waals surface area contributed by atoms with Crippen LogP contribution in [-0.4, -0.2) is 43.0 Å². The number of methoxy groups -OCH3 is 2. The van der Waals surface area contributed by atoms with Gasteiger partial charge in [0.2, 0.25) is 5.91 Å². The number of hydrogen-bond acceptors (Lipinski definition) is 7. The average molecular weight is 428 g/mol. The van der Waals surface area contributed by atoms with Crippen molar-refractivity contribution in [3.05, 3.63) is 75.8 Å². The SMILES string of the molecule is COC(=O)C[C@@H](c1ccc([N+](=O)[O-])cc1)[C@@H](NC(=O)CCc1ccccc1)C(=O)OC.